The van der Waals surface area contributed by atoms with Crippen LogP contribution in [0.2, 0.25) is 0 Å². The Hall–Kier alpha value is -8.16. The van der Waals surface area contributed by atoms with E-state index in [0.717, 1.165) is 6.42 Å². The number of anilines is 8. The van der Waals surface area contributed by atoms with Crippen LogP contribution in [0.1, 0.15) is 13.3 Å². The van der Waals surface area contributed by atoms with Crippen molar-refractivity contribution in [1.29, 1.82) is 0 Å². The highest BCUT2D eigenvalue weighted by molar-refractivity contribution is 9.10. The van der Waals surface area contributed by atoms with E-state index < -0.39 is 20.0 Å². The normalized spacial score (nSPS) is 11.5. The number of rotatable bonds is 22. The summed E-state index contributed by atoms with van der Waals surface area (Å²) in [5.74, 6) is 0.512. The molecule has 0 aliphatic carbocycles. The van der Waals surface area contributed by atoms with Gasteiger partial charge in [-0.15, -0.1) is 0 Å². The van der Waals surface area contributed by atoms with Crippen molar-refractivity contribution >= 4 is 116 Å². The van der Waals surface area contributed by atoms with Gasteiger partial charge in [-0.05, 0) is 115 Å². The molecule has 0 atom stereocenters. The molecule has 0 saturated heterocycles. The molecule has 0 unspecified atom stereocenters. The summed E-state index contributed by atoms with van der Waals surface area (Å²) in [6.07, 6.45) is 0.841. The lowest BCUT2D eigenvalue weighted by Gasteiger charge is -2.18. The lowest BCUT2D eigenvalue weighted by molar-refractivity contribution is -0.117. The van der Waals surface area contributed by atoms with Gasteiger partial charge in [-0.3, -0.25) is 19.0 Å². The fourth-order valence-corrected chi connectivity index (χ4v) is 10.2. The van der Waals surface area contributed by atoms with Crippen LogP contribution in [0, 0.1) is 0 Å². The van der Waals surface area contributed by atoms with E-state index in [1.165, 1.54) is 57.7 Å². The number of nitrogens with one attached hydrogen (secondary N) is 7. The van der Waals surface area contributed by atoms with Gasteiger partial charge in [0.15, 0.2) is 23.3 Å². The molecule has 8 rings (SSSR count). The van der Waals surface area contributed by atoms with Crippen molar-refractivity contribution in [3.8, 4) is 28.4 Å². The van der Waals surface area contributed by atoms with Crippen LogP contribution in [0.4, 0.5) is 46.0 Å². The van der Waals surface area contributed by atoms with Crippen molar-refractivity contribution in [3.63, 3.8) is 0 Å². The quantitative estimate of drug-likeness (QED) is 0.0313. The number of ether oxygens (including phenoxy) is 3. The van der Waals surface area contributed by atoms with Crippen LogP contribution in [-0.4, -0.2) is 109 Å². The molecule has 0 spiro atoms. The largest absolute Gasteiger partial charge is 0.497 e. The molecular formula is C52H53BrN12O9S2. The van der Waals surface area contributed by atoms with Crippen LogP contribution in [0.25, 0.3) is 33.2 Å². The zero-order valence-corrected chi connectivity index (χ0v) is 45.2. The summed E-state index contributed by atoms with van der Waals surface area (Å²) in [7, 11) is -0.661. The standard InChI is InChI=1S/C52H53BrN12O9S2/c1-7-20-54-29-47(66)55-32-12-10-14-37(24-32)75(68,69)63-51-49(57-34-22-35(72-4)26-36(23-34)73-5)59-43-19-18-31(21-45(43)62-51)39-27-40(53)44(28-46(39)74-6)61-50-52(60-42-17-9-8-16-41(42)58-50)64-76(70,71)38-15-11-13-33(25-38)56-48(67)30-65(2)3/h8-19,21-28,54H,7,20,29-30H2,1-6H3,(H,55,66)(H,56,67)(H,57,59)(H,58,61)(H,60,64)(H,62,63). The van der Waals surface area contributed by atoms with Crippen LogP contribution in [0.5, 0.6) is 17.2 Å². The zero-order valence-electron chi connectivity index (χ0n) is 42.0. The second-order valence-electron chi connectivity index (χ2n) is 17.2. The minimum Gasteiger partial charge on any atom is -0.497 e. The molecule has 0 aliphatic heterocycles. The van der Waals surface area contributed by atoms with Crippen LogP contribution in [0.3, 0.4) is 0 Å². The molecule has 0 radical (unpaired) electrons. The highest BCUT2D eigenvalue weighted by atomic mass is 79.9. The number of methoxy groups -OCH3 is 3. The van der Waals surface area contributed by atoms with Crippen molar-refractivity contribution in [2.45, 2.75) is 23.1 Å². The maximum Gasteiger partial charge on any atom is 0.263 e. The summed E-state index contributed by atoms with van der Waals surface area (Å²) in [5, 5.41) is 14.9. The first-order valence-corrected chi connectivity index (χ1v) is 27.1. The molecule has 394 valence electrons. The van der Waals surface area contributed by atoms with Crippen molar-refractivity contribution in [1.82, 2.24) is 30.2 Å². The van der Waals surface area contributed by atoms with Gasteiger partial charge in [0.2, 0.25) is 11.8 Å². The molecular weight excluding hydrogens is 1080 g/mol. The zero-order chi connectivity index (χ0) is 54.1. The van der Waals surface area contributed by atoms with Gasteiger partial charge in [-0.25, -0.2) is 36.8 Å². The molecule has 0 fully saturated rings. The Balaban J connectivity index is 1.13. The van der Waals surface area contributed by atoms with E-state index >= 15 is 0 Å². The van der Waals surface area contributed by atoms with Gasteiger partial charge in [-0.2, -0.15) is 0 Å². The molecule has 0 aliphatic rings. The number of benzene rings is 6. The molecule has 0 saturated carbocycles. The van der Waals surface area contributed by atoms with Gasteiger partial charge in [0, 0.05) is 51.4 Å². The first-order valence-electron chi connectivity index (χ1n) is 23.4. The van der Waals surface area contributed by atoms with Crippen LogP contribution in [0.15, 0.2) is 136 Å². The van der Waals surface area contributed by atoms with Crippen molar-refractivity contribution in [3.05, 3.63) is 126 Å². The second-order valence-corrected chi connectivity index (χ2v) is 21.4. The van der Waals surface area contributed by atoms with Gasteiger partial charge in [0.05, 0.1) is 72.0 Å². The summed E-state index contributed by atoms with van der Waals surface area (Å²) in [6, 6.07) is 32.5. The molecule has 0 bridgehead atoms. The Bertz CT molecular complexity index is 3700. The number of amides is 2. The molecule has 2 heterocycles. The van der Waals surface area contributed by atoms with Crippen molar-refractivity contribution in [2.75, 3.05) is 85.8 Å². The minimum absolute atomic E-state index is 0.0532. The molecule has 8 aromatic rings. The SMILES string of the molecule is CCCNCC(=O)Nc1cccc(S(=O)(=O)Nc2nc3cc(-c4cc(Br)c(Nc5nc6ccccc6nc5NS(=O)(=O)c5cccc(NC(=O)CN(C)C)c5)cc4OC)ccc3nc2Nc2cc(OC)cc(OC)c2)c1. The number of carbonyl (C=O) groups excluding carboxylic acids is 2. The van der Waals surface area contributed by atoms with E-state index in [-0.39, 0.29) is 63.7 Å². The third-order valence-corrected chi connectivity index (χ3v) is 14.5. The number of hydrogen-bond donors (Lipinski definition) is 7. The summed E-state index contributed by atoms with van der Waals surface area (Å²) in [4.78, 5) is 45.6. The van der Waals surface area contributed by atoms with Gasteiger partial charge in [-0.1, -0.05) is 37.3 Å². The van der Waals surface area contributed by atoms with Crippen LogP contribution < -0.4 is 50.2 Å². The third-order valence-electron chi connectivity index (χ3n) is 11.2. The van der Waals surface area contributed by atoms with E-state index in [4.69, 9.17) is 29.2 Å². The number of likely N-dealkylation sites (N-methyl/N-ethyl adjacent to an activating group) is 1. The molecule has 2 aromatic heterocycles. The van der Waals surface area contributed by atoms with Gasteiger partial charge < -0.3 is 45.7 Å². The number of nitrogens with zero attached hydrogens (tertiary/aromatic N) is 5. The van der Waals surface area contributed by atoms with Crippen molar-refractivity contribution < 1.29 is 40.6 Å². The Morgan fingerprint density at radius 3 is 1.70 bits per heavy atom. The van der Waals surface area contributed by atoms with Crippen LogP contribution >= 0.6 is 15.9 Å². The smallest absolute Gasteiger partial charge is 0.263 e. The predicted octanol–water partition coefficient (Wildman–Crippen LogP) is 8.56. The monoisotopic (exact) mass is 1130 g/mol. The summed E-state index contributed by atoms with van der Waals surface area (Å²) < 4.78 is 78.9. The third kappa shape index (κ3) is 13.2. The van der Waals surface area contributed by atoms with Crippen molar-refractivity contribution in [2.24, 2.45) is 0 Å². The van der Waals surface area contributed by atoms with Gasteiger partial charge in [0.1, 0.15) is 17.2 Å². The number of para-hydroxylation sites is 2. The summed E-state index contributed by atoms with van der Waals surface area (Å²) in [5.41, 5.74) is 4.24. The molecule has 76 heavy (non-hydrogen) atoms. The molecule has 2 amide bonds. The summed E-state index contributed by atoms with van der Waals surface area (Å²) >= 11 is 3.69. The van der Waals surface area contributed by atoms with E-state index in [2.05, 4.69) is 56.9 Å². The lowest BCUT2D eigenvalue weighted by Crippen LogP contribution is -2.28. The highest BCUT2D eigenvalue weighted by Crippen LogP contribution is 2.41. The maximum atomic E-state index is 14.2. The Morgan fingerprint density at radius 2 is 1.13 bits per heavy atom. The fraction of sp³-hybridized carbons (Fsp3) is 0.192. The average Bonchev–Trinajstić information content (AvgIpc) is 3.40. The second kappa shape index (κ2) is 23.6. The fourth-order valence-electron chi connectivity index (χ4n) is 7.65. The Morgan fingerprint density at radius 1 is 0.579 bits per heavy atom. The summed E-state index contributed by atoms with van der Waals surface area (Å²) in [6.45, 7) is 2.78. The lowest BCUT2D eigenvalue weighted by atomic mass is 10.0. The van der Waals surface area contributed by atoms with E-state index in [1.54, 1.807) is 104 Å². The molecule has 24 heteroatoms. The van der Waals surface area contributed by atoms with E-state index in [1.807, 2.05) is 6.92 Å². The first kappa shape index (κ1) is 54.1. The van der Waals surface area contributed by atoms with E-state index in [9.17, 15) is 26.4 Å². The Labute approximate surface area is 447 Å². The molecule has 7 N–H and O–H groups in total. The molecule has 6 aromatic carbocycles. The van der Waals surface area contributed by atoms with E-state index in [0.29, 0.717) is 78.5 Å². The predicted molar refractivity (Wildman–Crippen MR) is 298 cm³/mol. The number of sulfonamides is 2. The molecule has 21 nitrogen and oxygen atoms in total. The van der Waals surface area contributed by atoms with Gasteiger partial charge >= 0.3 is 0 Å². The number of halogens is 1. The first-order chi connectivity index (χ1) is 36.4. The Kier molecular flexibility index (Phi) is 16.8. The van der Waals surface area contributed by atoms with Crippen LogP contribution in [-0.2, 0) is 29.6 Å². The highest BCUT2D eigenvalue weighted by Gasteiger charge is 2.24. The number of hydrogen-bond acceptors (Lipinski definition) is 17. The minimum atomic E-state index is -4.36. The maximum absolute atomic E-state index is 14.2. The number of fused-ring (bicyclic) bond motifs is 2. The number of carbonyl (C=O) groups is 2. The van der Waals surface area contributed by atoms with Gasteiger partial charge in [0.25, 0.3) is 20.0 Å². The average molecular weight is 1130 g/mol. The topological polar surface area (TPSA) is 269 Å². The number of aromatic nitrogens is 4.